The zero-order chi connectivity index (χ0) is 23.7. The molecule has 0 radical (unpaired) electrons. The van der Waals surface area contributed by atoms with Gasteiger partial charge in [0.15, 0.2) is 0 Å². The van der Waals surface area contributed by atoms with E-state index in [1.54, 1.807) is 6.20 Å². The standard InChI is InChI=1S/C27H31N3O3/c1-27(2,3)22-11-9-21(10-12-22)26(32)29-17-15-25(31)30-18-20-7-13-24(14-8-20)33-19-23-6-4-5-16-28-23/h4-14,16H,15,17-19H2,1-3H3,(H,29,32)(H,30,31). The lowest BCUT2D eigenvalue weighted by molar-refractivity contribution is -0.121. The molecule has 1 heterocycles. The summed E-state index contributed by atoms with van der Waals surface area (Å²) >= 11 is 0. The summed E-state index contributed by atoms with van der Waals surface area (Å²) in [5.41, 5.74) is 3.64. The van der Waals surface area contributed by atoms with E-state index in [1.165, 1.54) is 5.56 Å². The summed E-state index contributed by atoms with van der Waals surface area (Å²) in [7, 11) is 0. The number of rotatable bonds is 9. The number of nitrogens with one attached hydrogen (secondary N) is 2. The molecule has 0 spiro atoms. The van der Waals surface area contributed by atoms with E-state index < -0.39 is 0 Å². The molecule has 1 aromatic heterocycles. The maximum atomic E-state index is 12.3. The van der Waals surface area contributed by atoms with Crippen LogP contribution in [0.25, 0.3) is 0 Å². The van der Waals surface area contributed by atoms with Gasteiger partial charge < -0.3 is 15.4 Å². The molecule has 3 aromatic rings. The van der Waals surface area contributed by atoms with Gasteiger partial charge >= 0.3 is 0 Å². The molecule has 0 aliphatic rings. The van der Waals surface area contributed by atoms with Crippen LogP contribution in [-0.4, -0.2) is 23.3 Å². The molecule has 0 unspecified atom stereocenters. The van der Waals surface area contributed by atoms with E-state index in [1.807, 2.05) is 66.7 Å². The van der Waals surface area contributed by atoms with Crippen molar-refractivity contribution in [3.05, 3.63) is 95.3 Å². The van der Waals surface area contributed by atoms with E-state index in [0.717, 1.165) is 17.0 Å². The molecule has 0 saturated carbocycles. The smallest absolute Gasteiger partial charge is 0.251 e. The van der Waals surface area contributed by atoms with Gasteiger partial charge in [0.2, 0.25) is 5.91 Å². The normalized spacial score (nSPS) is 11.0. The minimum absolute atomic E-state index is 0.0417. The Balaban J connectivity index is 1.35. The molecule has 3 rings (SSSR count). The first-order chi connectivity index (χ1) is 15.8. The van der Waals surface area contributed by atoms with Gasteiger partial charge in [0.1, 0.15) is 12.4 Å². The minimum Gasteiger partial charge on any atom is -0.487 e. The first-order valence-corrected chi connectivity index (χ1v) is 11.1. The van der Waals surface area contributed by atoms with Gasteiger partial charge in [0.25, 0.3) is 5.91 Å². The quantitative estimate of drug-likeness (QED) is 0.512. The maximum absolute atomic E-state index is 12.3. The number of benzene rings is 2. The van der Waals surface area contributed by atoms with Gasteiger partial charge in [-0.1, -0.05) is 51.1 Å². The minimum atomic E-state index is -0.176. The van der Waals surface area contributed by atoms with E-state index in [4.69, 9.17) is 4.74 Å². The summed E-state index contributed by atoms with van der Waals surface area (Å²) < 4.78 is 5.72. The molecule has 33 heavy (non-hydrogen) atoms. The van der Waals surface area contributed by atoms with Crippen molar-refractivity contribution in [2.24, 2.45) is 0 Å². The second kappa shape index (κ2) is 11.3. The molecule has 0 aliphatic carbocycles. The van der Waals surface area contributed by atoms with Crippen LogP contribution in [0.3, 0.4) is 0 Å². The van der Waals surface area contributed by atoms with Crippen LogP contribution in [0, 0.1) is 0 Å². The number of hydrogen-bond donors (Lipinski definition) is 2. The highest BCUT2D eigenvalue weighted by atomic mass is 16.5. The maximum Gasteiger partial charge on any atom is 0.251 e. The van der Waals surface area contributed by atoms with Crippen LogP contribution in [0.15, 0.2) is 72.9 Å². The molecular formula is C27H31N3O3. The third-order valence-corrected chi connectivity index (χ3v) is 5.18. The highest BCUT2D eigenvalue weighted by Gasteiger charge is 2.14. The molecule has 6 nitrogen and oxygen atoms in total. The monoisotopic (exact) mass is 445 g/mol. The van der Waals surface area contributed by atoms with Gasteiger partial charge in [0.05, 0.1) is 5.69 Å². The van der Waals surface area contributed by atoms with Gasteiger partial charge in [-0.25, -0.2) is 0 Å². The molecule has 0 saturated heterocycles. The summed E-state index contributed by atoms with van der Waals surface area (Å²) in [5, 5.41) is 5.67. The Kier molecular flexibility index (Phi) is 8.19. The molecule has 0 aliphatic heterocycles. The van der Waals surface area contributed by atoms with E-state index in [-0.39, 0.29) is 30.2 Å². The highest BCUT2D eigenvalue weighted by molar-refractivity contribution is 5.94. The van der Waals surface area contributed by atoms with Crippen LogP contribution in [0.4, 0.5) is 0 Å². The van der Waals surface area contributed by atoms with E-state index in [2.05, 4.69) is 36.4 Å². The lowest BCUT2D eigenvalue weighted by Gasteiger charge is -2.19. The molecule has 2 N–H and O–H groups in total. The second-order valence-electron chi connectivity index (χ2n) is 8.86. The van der Waals surface area contributed by atoms with Crippen molar-refractivity contribution in [2.45, 2.75) is 45.8 Å². The van der Waals surface area contributed by atoms with Crippen molar-refractivity contribution >= 4 is 11.8 Å². The molecule has 0 atom stereocenters. The predicted molar refractivity (Wildman–Crippen MR) is 129 cm³/mol. The fourth-order valence-electron chi connectivity index (χ4n) is 3.15. The number of amides is 2. The lowest BCUT2D eigenvalue weighted by Crippen LogP contribution is -2.30. The molecule has 0 fully saturated rings. The number of pyridine rings is 1. The van der Waals surface area contributed by atoms with Crippen molar-refractivity contribution in [3.8, 4) is 5.75 Å². The molecule has 172 valence electrons. The average Bonchev–Trinajstić information content (AvgIpc) is 2.82. The van der Waals surface area contributed by atoms with Gasteiger partial charge in [-0.2, -0.15) is 0 Å². The Bertz CT molecular complexity index is 1040. The van der Waals surface area contributed by atoms with Gasteiger partial charge in [0, 0.05) is 31.3 Å². The van der Waals surface area contributed by atoms with Gasteiger partial charge in [-0.15, -0.1) is 0 Å². The second-order valence-corrected chi connectivity index (χ2v) is 8.86. The molecular weight excluding hydrogens is 414 g/mol. The van der Waals surface area contributed by atoms with Crippen LogP contribution in [0.1, 0.15) is 54.4 Å². The van der Waals surface area contributed by atoms with E-state index >= 15 is 0 Å². The zero-order valence-electron chi connectivity index (χ0n) is 19.4. The number of ether oxygens (including phenoxy) is 1. The Morgan fingerprint density at radius 1 is 0.909 bits per heavy atom. The predicted octanol–water partition coefficient (Wildman–Crippen LogP) is 4.39. The molecule has 2 amide bonds. The Hall–Kier alpha value is -3.67. The summed E-state index contributed by atoms with van der Waals surface area (Å²) in [6.07, 6.45) is 1.96. The van der Waals surface area contributed by atoms with Crippen LogP contribution in [0.5, 0.6) is 5.75 Å². The van der Waals surface area contributed by atoms with Crippen LogP contribution in [0.2, 0.25) is 0 Å². The number of aromatic nitrogens is 1. The number of carbonyl (C=O) groups excluding carboxylic acids is 2. The Morgan fingerprint density at radius 2 is 1.64 bits per heavy atom. The summed E-state index contributed by atoms with van der Waals surface area (Å²) in [6, 6.07) is 20.8. The van der Waals surface area contributed by atoms with Crippen molar-refractivity contribution in [3.63, 3.8) is 0 Å². The van der Waals surface area contributed by atoms with Gasteiger partial charge in [-0.3, -0.25) is 14.6 Å². The number of hydrogen-bond acceptors (Lipinski definition) is 4. The van der Waals surface area contributed by atoms with Crippen molar-refractivity contribution < 1.29 is 14.3 Å². The summed E-state index contributed by atoms with van der Waals surface area (Å²) in [5.74, 6) is 0.451. The SMILES string of the molecule is CC(C)(C)c1ccc(C(=O)NCCC(=O)NCc2ccc(OCc3ccccn3)cc2)cc1. The molecule has 2 aromatic carbocycles. The zero-order valence-corrected chi connectivity index (χ0v) is 19.4. The highest BCUT2D eigenvalue weighted by Crippen LogP contribution is 2.22. The average molecular weight is 446 g/mol. The Labute approximate surface area is 195 Å². The van der Waals surface area contributed by atoms with E-state index in [9.17, 15) is 9.59 Å². The lowest BCUT2D eigenvalue weighted by atomic mass is 9.87. The Morgan fingerprint density at radius 3 is 2.27 bits per heavy atom. The number of carbonyl (C=O) groups is 2. The topological polar surface area (TPSA) is 80.3 Å². The molecule has 6 heteroatoms. The van der Waals surface area contributed by atoms with E-state index in [0.29, 0.717) is 18.7 Å². The summed E-state index contributed by atoms with van der Waals surface area (Å²) in [6.45, 7) is 7.50. The van der Waals surface area contributed by atoms with Crippen LogP contribution < -0.4 is 15.4 Å². The number of nitrogens with zero attached hydrogens (tertiary/aromatic N) is 1. The molecule has 0 bridgehead atoms. The van der Waals surface area contributed by atoms with Gasteiger partial charge in [-0.05, 0) is 52.9 Å². The first kappa shape index (κ1) is 24.0. The largest absolute Gasteiger partial charge is 0.487 e. The first-order valence-electron chi connectivity index (χ1n) is 11.1. The van der Waals surface area contributed by atoms with Crippen LogP contribution in [-0.2, 0) is 23.4 Å². The third kappa shape index (κ3) is 7.75. The summed E-state index contributed by atoms with van der Waals surface area (Å²) in [4.78, 5) is 28.6. The van der Waals surface area contributed by atoms with Crippen LogP contribution >= 0.6 is 0 Å². The third-order valence-electron chi connectivity index (χ3n) is 5.18. The van der Waals surface area contributed by atoms with Crippen molar-refractivity contribution in [1.82, 2.24) is 15.6 Å². The fourth-order valence-corrected chi connectivity index (χ4v) is 3.15. The van der Waals surface area contributed by atoms with Crippen molar-refractivity contribution in [1.29, 1.82) is 0 Å². The fraction of sp³-hybridized carbons (Fsp3) is 0.296. The van der Waals surface area contributed by atoms with Crippen molar-refractivity contribution in [2.75, 3.05) is 6.54 Å².